The van der Waals surface area contributed by atoms with Crippen molar-refractivity contribution in [1.29, 1.82) is 0 Å². The molecule has 0 aliphatic carbocycles. The lowest BCUT2D eigenvalue weighted by Crippen LogP contribution is -2.44. The molecule has 12 nitrogen and oxygen atoms in total. The van der Waals surface area contributed by atoms with Gasteiger partial charge >= 0.3 is 6.01 Å². The van der Waals surface area contributed by atoms with Crippen LogP contribution in [0.5, 0.6) is 17.5 Å². The molecule has 0 spiro atoms. The van der Waals surface area contributed by atoms with Crippen LogP contribution in [0.1, 0.15) is 55.5 Å². The first-order valence-corrected chi connectivity index (χ1v) is 13.8. The van der Waals surface area contributed by atoms with E-state index in [9.17, 15) is 9.59 Å². The van der Waals surface area contributed by atoms with Crippen LogP contribution in [-0.2, 0) is 11.3 Å². The van der Waals surface area contributed by atoms with E-state index in [0.717, 1.165) is 37.0 Å². The molecule has 1 amide bonds. The molecule has 41 heavy (non-hydrogen) atoms. The molecular weight excluding hydrogens is 526 g/mol. The maximum absolute atomic E-state index is 13.1. The third kappa shape index (κ3) is 8.77. The fraction of sp³-hybridized carbons (Fsp3) is 0.414. The van der Waals surface area contributed by atoms with Crippen LogP contribution in [-0.4, -0.2) is 59.0 Å². The number of amides is 1. The molecule has 2 aromatic carbocycles. The lowest BCUT2D eigenvalue weighted by Gasteiger charge is -2.17. The number of anilines is 3. The van der Waals surface area contributed by atoms with Gasteiger partial charge in [-0.2, -0.15) is 15.0 Å². The van der Waals surface area contributed by atoms with E-state index < -0.39 is 11.9 Å². The van der Waals surface area contributed by atoms with Gasteiger partial charge in [0.2, 0.25) is 11.9 Å². The van der Waals surface area contributed by atoms with E-state index in [1.807, 2.05) is 31.2 Å². The molecule has 0 saturated carbocycles. The van der Waals surface area contributed by atoms with Crippen molar-refractivity contribution < 1.29 is 23.8 Å². The molecule has 3 aromatic rings. The third-order valence-electron chi connectivity index (χ3n) is 6.34. The smallest absolute Gasteiger partial charge is 0.323 e. The lowest BCUT2D eigenvalue weighted by atomic mass is 10.1. The number of hydrogen-bond donors (Lipinski definition) is 4. The topological polar surface area (TPSA) is 163 Å². The standard InChI is InChI=1S/C29H37N7O5/c1-3-39-29-35-27-31-18-20-8-11-22(12-9-20)40-14-6-4-5-7-15-41-25-16-21(32-28(34-27)36-29)10-13-23(25)26(38)33-24(17-30)19(2)37/h8-13,16,24H,3-7,14-15,17-18,30H2,1-2H3,(H,33,38)(H2,31,32,34,35,36)/t24-/m0/s1. The zero-order chi connectivity index (χ0) is 29.0. The molecule has 0 fully saturated rings. The van der Waals surface area contributed by atoms with Gasteiger partial charge in [0.25, 0.3) is 5.91 Å². The lowest BCUT2D eigenvalue weighted by molar-refractivity contribution is -0.118. The number of hydrogen-bond acceptors (Lipinski definition) is 11. The van der Waals surface area contributed by atoms with Crippen LogP contribution in [0, 0.1) is 0 Å². The summed E-state index contributed by atoms with van der Waals surface area (Å²) in [7, 11) is 0. The summed E-state index contributed by atoms with van der Waals surface area (Å²) < 4.78 is 17.5. The minimum atomic E-state index is -0.781. The zero-order valence-electron chi connectivity index (χ0n) is 23.4. The molecule has 0 unspecified atom stereocenters. The maximum atomic E-state index is 13.1. The monoisotopic (exact) mass is 563 g/mol. The van der Waals surface area contributed by atoms with Crippen molar-refractivity contribution in [2.75, 3.05) is 37.0 Å². The van der Waals surface area contributed by atoms with E-state index in [2.05, 4.69) is 30.9 Å². The predicted octanol–water partition coefficient (Wildman–Crippen LogP) is 3.60. The second-order valence-electron chi connectivity index (χ2n) is 9.52. The van der Waals surface area contributed by atoms with E-state index in [0.29, 0.717) is 49.3 Å². The van der Waals surface area contributed by atoms with Gasteiger partial charge < -0.3 is 35.9 Å². The molecule has 12 heteroatoms. The number of benzene rings is 2. The van der Waals surface area contributed by atoms with Gasteiger partial charge in [-0.15, -0.1) is 0 Å². The van der Waals surface area contributed by atoms with Crippen molar-refractivity contribution >= 4 is 29.3 Å². The summed E-state index contributed by atoms with van der Waals surface area (Å²) in [5.74, 6) is 1.10. The zero-order valence-corrected chi connectivity index (χ0v) is 23.4. The highest BCUT2D eigenvalue weighted by Gasteiger charge is 2.20. The summed E-state index contributed by atoms with van der Waals surface area (Å²) in [6, 6.07) is 12.3. The summed E-state index contributed by atoms with van der Waals surface area (Å²) in [6.07, 6.45) is 3.65. The highest BCUT2D eigenvalue weighted by Crippen LogP contribution is 2.27. The van der Waals surface area contributed by atoms with Crippen LogP contribution in [0.3, 0.4) is 0 Å². The molecule has 6 bridgehead atoms. The first-order valence-electron chi connectivity index (χ1n) is 13.8. The van der Waals surface area contributed by atoms with Crippen molar-refractivity contribution in [2.45, 2.75) is 52.1 Å². The summed E-state index contributed by atoms with van der Waals surface area (Å²) in [5, 5.41) is 9.06. The Kier molecular flexibility index (Phi) is 10.7. The van der Waals surface area contributed by atoms with Gasteiger partial charge in [-0.3, -0.25) is 9.59 Å². The number of rotatable bonds is 6. The Bertz CT molecular complexity index is 1320. The average Bonchev–Trinajstić information content (AvgIpc) is 2.96. The van der Waals surface area contributed by atoms with Gasteiger partial charge in [-0.1, -0.05) is 12.1 Å². The first-order chi connectivity index (χ1) is 19.9. The molecule has 2 aliphatic rings. The van der Waals surface area contributed by atoms with Gasteiger partial charge in [0.05, 0.1) is 31.4 Å². The molecule has 1 aromatic heterocycles. The van der Waals surface area contributed by atoms with Crippen molar-refractivity contribution in [3.63, 3.8) is 0 Å². The Morgan fingerprint density at radius 2 is 1.73 bits per heavy atom. The molecule has 5 rings (SSSR count). The van der Waals surface area contributed by atoms with Crippen molar-refractivity contribution in [3.8, 4) is 17.5 Å². The molecule has 0 saturated heterocycles. The number of aromatic nitrogens is 3. The van der Waals surface area contributed by atoms with E-state index in [-0.39, 0.29) is 24.3 Å². The van der Waals surface area contributed by atoms with Crippen molar-refractivity contribution in [3.05, 3.63) is 53.6 Å². The third-order valence-corrected chi connectivity index (χ3v) is 6.34. The highest BCUT2D eigenvalue weighted by molar-refractivity contribution is 6.00. The van der Waals surface area contributed by atoms with Crippen molar-refractivity contribution in [1.82, 2.24) is 20.3 Å². The second kappa shape index (κ2) is 14.8. The van der Waals surface area contributed by atoms with Crippen molar-refractivity contribution in [2.24, 2.45) is 5.73 Å². The number of nitrogens with two attached hydrogens (primary N) is 1. The number of carbonyl (C=O) groups excluding carboxylic acids is 2. The fourth-order valence-corrected chi connectivity index (χ4v) is 4.10. The minimum absolute atomic E-state index is 0.00314. The Hall–Kier alpha value is -4.45. The van der Waals surface area contributed by atoms with Gasteiger partial charge in [0.15, 0.2) is 5.78 Å². The molecule has 5 N–H and O–H groups in total. The van der Waals surface area contributed by atoms with E-state index in [4.69, 9.17) is 19.9 Å². The normalized spacial score (nSPS) is 14.6. The van der Waals surface area contributed by atoms with Gasteiger partial charge in [-0.25, -0.2) is 0 Å². The Labute approximate surface area is 239 Å². The highest BCUT2D eigenvalue weighted by atomic mass is 16.5. The predicted molar refractivity (Wildman–Crippen MR) is 155 cm³/mol. The quantitative estimate of drug-likeness (QED) is 0.346. The number of Topliss-reactive ketones (excluding diaryl/α,β-unsaturated/α-hetero) is 1. The summed E-state index contributed by atoms with van der Waals surface area (Å²) in [5.41, 5.74) is 7.59. The fourth-order valence-electron chi connectivity index (χ4n) is 4.10. The van der Waals surface area contributed by atoms with Crippen LogP contribution < -0.4 is 35.9 Å². The van der Waals surface area contributed by atoms with Crippen LogP contribution >= 0.6 is 0 Å². The van der Waals surface area contributed by atoms with Crippen LogP contribution in [0.4, 0.5) is 17.6 Å². The number of fused-ring (bicyclic) bond motifs is 10. The van der Waals surface area contributed by atoms with Crippen LogP contribution in [0.2, 0.25) is 0 Å². The van der Waals surface area contributed by atoms with Gasteiger partial charge in [-0.05, 0) is 69.4 Å². The Balaban J connectivity index is 1.62. The van der Waals surface area contributed by atoms with Gasteiger partial charge in [0.1, 0.15) is 11.5 Å². The number of nitrogens with zero attached hydrogens (tertiary/aromatic N) is 3. The van der Waals surface area contributed by atoms with Crippen LogP contribution in [0.25, 0.3) is 0 Å². The van der Waals surface area contributed by atoms with E-state index >= 15 is 0 Å². The second-order valence-corrected chi connectivity index (χ2v) is 9.52. The first kappa shape index (κ1) is 29.5. The van der Waals surface area contributed by atoms with Gasteiger partial charge in [0, 0.05) is 24.8 Å². The molecular formula is C29H37N7O5. The SMILES string of the molecule is CCOc1nc2nc(n1)Nc1ccc(C(=O)N[C@@H](CN)C(C)=O)c(c1)OCCCCCCOc1ccc(cc1)CN2. The Morgan fingerprint density at radius 3 is 2.44 bits per heavy atom. The molecule has 218 valence electrons. The van der Waals surface area contributed by atoms with Crippen LogP contribution in [0.15, 0.2) is 42.5 Å². The summed E-state index contributed by atoms with van der Waals surface area (Å²) in [6.45, 7) is 5.15. The number of nitrogens with one attached hydrogen (secondary N) is 3. The molecule has 2 aliphatic heterocycles. The maximum Gasteiger partial charge on any atom is 0.323 e. The number of carbonyl (C=O) groups is 2. The summed E-state index contributed by atoms with van der Waals surface area (Å²) >= 11 is 0. The largest absolute Gasteiger partial charge is 0.494 e. The molecule has 0 radical (unpaired) electrons. The minimum Gasteiger partial charge on any atom is -0.494 e. The van der Waals surface area contributed by atoms with E-state index in [1.54, 1.807) is 18.2 Å². The molecule has 1 atom stereocenters. The average molecular weight is 564 g/mol. The number of ether oxygens (including phenoxy) is 3. The molecule has 3 heterocycles. The number of ketones is 1. The van der Waals surface area contributed by atoms with E-state index in [1.165, 1.54) is 6.92 Å². The summed E-state index contributed by atoms with van der Waals surface area (Å²) in [4.78, 5) is 38.1. The Morgan fingerprint density at radius 1 is 1.00 bits per heavy atom.